The smallest absolute Gasteiger partial charge is 0.256 e. The molecule has 2 aliphatic rings. The summed E-state index contributed by atoms with van der Waals surface area (Å²) in [6.45, 7) is 2.28. The normalized spacial score (nSPS) is 22.2. The number of carbonyl (C=O) groups is 1. The Bertz CT molecular complexity index is 1010. The Morgan fingerprint density at radius 3 is 2.96 bits per heavy atom. The minimum atomic E-state index is -0.318. The number of benzene rings is 1. The minimum Gasteiger partial charge on any atom is -0.352 e. The van der Waals surface area contributed by atoms with Crippen molar-refractivity contribution in [2.24, 2.45) is 5.92 Å². The molecular formula is C19H18ClN3OS. The number of halogens is 1. The first-order valence-electron chi connectivity index (χ1n) is 8.60. The molecule has 0 radical (unpaired) electrons. The van der Waals surface area contributed by atoms with Gasteiger partial charge in [-0.3, -0.25) is 4.79 Å². The van der Waals surface area contributed by atoms with Crippen LogP contribution in [0, 0.1) is 5.92 Å². The van der Waals surface area contributed by atoms with Gasteiger partial charge in [-0.2, -0.15) is 0 Å². The van der Waals surface area contributed by atoms with Crippen molar-refractivity contribution >= 4 is 44.7 Å². The van der Waals surface area contributed by atoms with Crippen molar-refractivity contribution in [1.82, 2.24) is 10.3 Å². The monoisotopic (exact) mass is 371 g/mol. The van der Waals surface area contributed by atoms with Crippen LogP contribution in [0.5, 0.6) is 0 Å². The number of hydrogen-bond acceptors (Lipinski definition) is 3. The summed E-state index contributed by atoms with van der Waals surface area (Å²) < 4.78 is 0. The molecule has 2 aromatic heterocycles. The molecule has 0 fully saturated rings. The number of carbonyl (C=O) groups excluding carboxylic acids is 1. The molecule has 25 heavy (non-hydrogen) atoms. The van der Waals surface area contributed by atoms with E-state index in [0.717, 1.165) is 46.3 Å². The van der Waals surface area contributed by atoms with Crippen LogP contribution in [0.3, 0.4) is 0 Å². The van der Waals surface area contributed by atoms with Gasteiger partial charge in [-0.05, 0) is 36.8 Å². The highest BCUT2D eigenvalue weighted by molar-refractivity contribution is 7.16. The summed E-state index contributed by atoms with van der Waals surface area (Å²) in [5, 5.41) is 9.20. The van der Waals surface area contributed by atoms with Crippen LogP contribution in [0.25, 0.3) is 10.9 Å². The second-order valence-corrected chi connectivity index (χ2v) is 8.49. The van der Waals surface area contributed by atoms with Crippen molar-refractivity contribution in [3.8, 4) is 0 Å². The van der Waals surface area contributed by atoms with E-state index in [4.69, 9.17) is 11.6 Å². The number of fused-ring (bicyclic) bond motifs is 4. The van der Waals surface area contributed by atoms with E-state index in [1.165, 1.54) is 10.4 Å². The van der Waals surface area contributed by atoms with E-state index in [1.807, 2.05) is 24.3 Å². The molecule has 1 amide bonds. The average Bonchev–Trinajstić information content (AvgIpc) is 3.10. The highest BCUT2D eigenvalue weighted by Crippen LogP contribution is 2.44. The van der Waals surface area contributed by atoms with Gasteiger partial charge in [0.25, 0.3) is 5.91 Å². The lowest BCUT2D eigenvalue weighted by atomic mass is 9.88. The zero-order valence-corrected chi connectivity index (χ0v) is 15.4. The summed E-state index contributed by atoms with van der Waals surface area (Å²) in [5.74, 6) is 0.696. The third-order valence-electron chi connectivity index (χ3n) is 5.28. The van der Waals surface area contributed by atoms with Crippen molar-refractivity contribution < 1.29 is 4.79 Å². The van der Waals surface area contributed by atoms with E-state index in [9.17, 15) is 4.79 Å². The lowest BCUT2D eigenvalue weighted by molar-refractivity contribution is 0.0935. The predicted molar refractivity (Wildman–Crippen MR) is 103 cm³/mol. The third-order valence-corrected chi connectivity index (χ3v) is 6.76. The zero-order valence-electron chi connectivity index (χ0n) is 13.8. The summed E-state index contributed by atoms with van der Waals surface area (Å²) in [6.07, 6.45) is 2.90. The summed E-state index contributed by atoms with van der Waals surface area (Å²) in [5.41, 5.74) is 3.96. The van der Waals surface area contributed by atoms with Crippen LogP contribution in [0.4, 0.5) is 5.00 Å². The summed E-state index contributed by atoms with van der Waals surface area (Å²) in [4.78, 5) is 17.4. The summed E-state index contributed by atoms with van der Waals surface area (Å²) in [6, 6.07) is 7.97. The molecule has 3 N–H and O–H groups in total. The minimum absolute atomic E-state index is 0.00662. The average molecular weight is 372 g/mol. The van der Waals surface area contributed by atoms with Gasteiger partial charge in [0.05, 0.1) is 5.56 Å². The number of anilines is 1. The topological polar surface area (TPSA) is 56.9 Å². The SMILES string of the molecule is CC1CCc2c(sc3c2C(=O)NC(c2c(Cl)[nH]c4ccccc24)N3)C1. The number of aromatic amines is 1. The molecule has 1 aliphatic carbocycles. The van der Waals surface area contributed by atoms with Gasteiger partial charge in [-0.15, -0.1) is 11.3 Å². The predicted octanol–water partition coefficient (Wildman–Crippen LogP) is 4.86. The maximum Gasteiger partial charge on any atom is 0.256 e. The van der Waals surface area contributed by atoms with Crippen molar-refractivity contribution in [3.63, 3.8) is 0 Å². The Morgan fingerprint density at radius 1 is 1.24 bits per heavy atom. The van der Waals surface area contributed by atoms with Crippen molar-refractivity contribution in [3.05, 3.63) is 51.0 Å². The fourth-order valence-electron chi connectivity index (χ4n) is 4.02. The first-order valence-corrected chi connectivity index (χ1v) is 9.79. The number of H-pyrrole nitrogens is 1. The Kier molecular flexibility index (Phi) is 3.37. The van der Waals surface area contributed by atoms with Crippen molar-refractivity contribution in [2.75, 3.05) is 5.32 Å². The number of aromatic nitrogens is 1. The quantitative estimate of drug-likeness (QED) is 0.572. The number of rotatable bonds is 1. The molecule has 3 heterocycles. The molecule has 6 heteroatoms. The van der Waals surface area contributed by atoms with Gasteiger partial charge in [0.15, 0.2) is 0 Å². The van der Waals surface area contributed by atoms with Crippen molar-refractivity contribution in [2.45, 2.75) is 32.4 Å². The van der Waals surface area contributed by atoms with Crippen LogP contribution in [-0.2, 0) is 12.8 Å². The fraction of sp³-hybridized carbons (Fsp3) is 0.316. The number of hydrogen-bond donors (Lipinski definition) is 3. The van der Waals surface area contributed by atoms with Gasteiger partial charge in [-0.25, -0.2) is 0 Å². The van der Waals surface area contributed by atoms with Gasteiger partial charge >= 0.3 is 0 Å². The molecule has 0 saturated carbocycles. The Balaban J connectivity index is 1.59. The lowest BCUT2D eigenvalue weighted by Gasteiger charge is -2.27. The van der Waals surface area contributed by atoms with Crippen molar-refractivity contribution in [1.29, 1.82) is 0 Å². The Hall–Kier alpha value is -1.98. The van der Waals surface area contributed by atoms with Gasteiger partial charge in [0.1, 0.15) is 16.3 Å². The number of thiophene rings is 1. The molecule has 4 nitrogen and oxygen atoms in total. The van der Waals surface area contributed by atoms with Crippen LogP contribution in [-0.4, -0.2) is 10.9 Å². The first-order chi connectivity index (χ1) is 12.1. The number of amides is 1. The highest BCUT2D eigenvalue weighted by Gasteiger charge is 2.34. The molecule has 128 valence electrons. The van der Waals surface area contributed by atoms with E-state index in [1.54, 1.807) is 11.3 Å². The Morgan fingerprint density at radius 2 is 2.08 bits per heavy atom. The molecule has 5 rings (SSSR count). The van der Waals surface area contributed by atoms with E-state index in [-0.39, 0.29) is 12.1 Å². The van der Waals surface area contributed by atoms with Crippen LogP contribution >= 0.6 is 22.9 Å². The van der Waals surface area contributed by atoms with Gasteiger partial charge < -0.3 is 15.6 Å². The first kappa shape index (κ1) is 15.3. The highest BCUT2D eigenvalue weighted by atomic mass is 35.5. The van der Waals surface area contributed by atoms with E-state index in [2.05, 4.69) is 22.5 Å². The fourth-order valence-corrected chi connectivity index (χ4v) is 5.77. The van der Waals surface area contributed by atoms with E-state index < -0.39 is 0 Å². The molecule has 0 saturated heterocycles. The molecule has 2 unspecified atom stereocenters. The van der Waals surface area contributed by atoms with Crippen LogP contribution in [0.15, 0.2) is 24.3 Å². The van der Waals surface area contributed by atoms with Gasteiger partial charge in [0, 0.05) is 21.3 Å². The maximum absolute atomic E-state index is 12.9. The molecule has 2 atom stereocenters. The molecular weight excluding hydrogens is 354 g/mol. The molecule has 0 bridgehead atoms. The summed E-state index contributed by atoms with van der Waals surface area (Å²) >= 11 is 8.18. The van der Waals surface area contributed by atoms with Crippen LogP contribution < -0.4 is 10.6 Å². The molecule has 1 aromatic carbocycles. The number of nitrogens with one attached hydrogen (secondary N) is 3. The van der Waals surface area contributed by atoms with Gasteiger partial charge in [0.2, 0.25) is 0 Å². The third kappa shape index (κ3) is 2.29. The Labute approximate surface area is 154 Å². The maximum atomic E-state index is 12.9. The molecule has 0 spiro atoms. The van der Waals surface area contributed by atoms with E-state index >= 15 is 0 Å². The number of para-hydroxylation sites is 1. The largest absolute Gasteiger partial charge is 0.352 e. The molecule has 3 aromatic rings. The second kappa shape index (κ2) is 5.51. The second-order valence-electron chi connectivity index (χ2n) is 7.00. The van der Waals surface area contributed by atoms with Crippen LogP contribution in [0.1, 0.15) is 45.9 Å². The van der Waals surface area contributed by atoms with E-state index in [0.29, 0.717) is 11.1 Å². The molecule has 1 aliphatic heterocycles. The summed E-state index contributed by atoms with van der Waals surface area (Å²) in [7, 11) is 0. The standard InChI is InChI=1S/C19H18ClN3OS/c1-9-6-7-11-13(8-9)25-19-15(11)18(24)22-17(23-19)14-10-4-2-3-5-12(10)21-16(14)20/h2-5,9,17,21,23H,6-8H2,1H3,(H,22,24). The zero-order chi connectivity index (χ0) is 17.1. The van der Waals surface area contributed by atoms with Gasteiger partial charge in [-0.1, -0.05) is 36.7 Å². The van der Waals surface area contributed by atoms with Crippen LogP contribution in [0.2, 0.25) is 5.15 Å². The lowest BCUT2D eigenvalue weighted by Crippen LogP contribution is -2.38.